The van der Waals surface area contributed by atoms with E-state index in [0.29, 0.717) is 5.16 Å². The summed E-state index contributed by atoms with van der Waals surface area (Å²) in [5, 5.41) is 0.823. The molecule has 0 unspecified atom stereocenters. The van der Waals surface area contributed by atoms with Gasteiger partial charge in [-0.2, -0.15) is 0 Å². The number of hydrogen-bond acceptors (Lipinski definition) is 5. The maximum atomic E-state index is 13.3. The Labute approximate surface area is 89.6 Å². The molecule has 0 radical (unpaired) electrons. The van der Waals surface area contributed by atoms with Crippen molar-refractivity contribution < 1.29 is 4.39 Å². The minimum Gasteiger partial charge on any atom is -0.368 e. The van der Waals surface area contributed by atoms with Crippen LogP contribution in [0.3, 0.4) is 0 Å². The monoisotopic (exact) mass is 225 g/mol. The van der Waals surface area contributed by atoms with E-state index in [0.717, 1.165) is 18.0 Å². The van der Waals surface area contributed by atoms with Crippen molar-refractivity contribution in [3.8, 4) is 0 Å². The van der Waals surface area contributed by atoms with Gasteiger partial charge in [0.25, 0.3) is 0 Å². The summed E-state index contributed by atoms with van der Waals surface area (Å²) in [5.41, 5.74) is 5.37. The highest BCUT2D eigenvalue weighted by molar-refractivity contribution is 7.99. The van der Waals surface area contributed by atoms with Crippen LogP contribution in [-0.2, 0) is 7.05 Å². The van der Waals surface area contributed by atoms with Crippen molar-refractivity contribution in [3.63, 3.8) is 0 Å². The Balaban J connectivity index is 2.32. The van der Waals surface area contributed by atoms with Crippen molar-refractivity contribution in [2.75, 3.05) is 5.73 Å². The zero-order chi connectivity index (χ0) is 10.8. The van der Waals surface area contributed by atoms with Crippen molar-refractivity contribution in [2.45, 2.75) is 10.2 Å². The molecule has 2 aromatic rings. The first-order valence-electron chi connectivity index (χ1n) is 4.10. The molecule has 0 aliphatic heterocycles. The van der Waals surface area contributed by atoms with Gasteiger partial charge in [0.1, 0.15) is 5.03 Å². The Morgan fingerprint density at radius 1 is 1.47 bits per heavy atom. The van der Waals surface area contributed by atoms with E-state index in [4.69, 9.17) is 5.73 Å². The van der Waals surface area contributed by atoms with Gasteiger partial charge in [-0.15, -0.1) is 0 Å². The predicted octanol–water partition coefficient (Wildman–Crippen LogP) is 1.08. The summed E-state index contributed by atoms with van der Waals surface area (Å²) in [4.78, 5) is 11.4. The molecule has 0 saturated heterocycles. The van der Waals surface area contributed by atoms with Gasteiger partial charge in [-0.1, -0.05) is 0 Å². The van der Waals surface area contributed by atoms with Crippen LogP contribution in [0.2, 0.25) is 0 Å². The molecule has 2 N–H and O–H groups in total. The highest BCUT2D eigenvalue weighted by atomic mass is 32.2. The average Bonchev–Trinajstić information content (AvgIpc) is 2.58. The lowest BCUT2D eigenvalue weighted by atomic mass is 10.6. The van der Waals surface area contributed by atoms with Gasteiger partial charge in [0.15, 0.2) is 11.0 Å². The molecule has 0 spiro atoms. The summed E-state index contributed by atoms with van der Waals surface area (Å²) >= 11 is 1.11. The fraction of sp³-hybridized carbons (Fsp3) is 0.125. The second-order valence-corrected chi connectivity index (χ2v) is 3.76. The molecule has 78 valence electrons. The van der Waals surface area contributed by atoms with Crippen molar-refractivity contribution in [2.24, 2.45) is 7.05 Å². The lowest BCUT2D eigenvalue weighted by molar-refractivity contribution is 0.579. The second-order valence-electron chi connectivity index (χ2n) is 2.80. The third kappa shape index (κ3) is 2.07. The van der Waals surface area contributed by atoms with Crippen molar-refractivity contribution >= 4 is 17.7 Å². The number of anilines is 1. The van der Waals surface area contributed by atoms with Gasteiger partial charge in [0, 0.05) is 19.4 Å². The van der Waals surface area contributed by atoms with Crippen LogP contribution in [0, 0.1) is 5.82 Å². The molecule has 2 aromatic heterocycles. The third-order valence-electron chi connectivity index (χ3n) is 1.70. The number of rotatable bonds is 2. The Hall–Kier alpha value is -1.63. The Morgan fingerprint density at radius 3 is 2.93 bits per heavy atom. The van der Waals surface area contributed by atoms with Crippen LogP contribution in [0.15, 0.2) is 28.8 Å². The zero-order valence-corrected chi connectivity index (χ0v) is 8.70. The van der Waals surface area contributed by atoms with Crippen molar-refractivity contribution in [1.29, 1.82) is 0 Å². The van der Waals surface area contributed by atoms with Crippen LogP contribution in [0.4, 0.5) is 10.3 Å². The minimum absolute atomic E-state index is 0.0492. The minimum atomic E-state index is -0.503. The first-order valence-corrected chi connectivity index (χ1v) is 4.91. The van der Waals surface area contributed by atoms with Gasteiger partial charge in [0.05, 0.1) is 6.20 Å². The number of nitrogens with zero attached hydrogens (tertiary/aromatic N) is 4. The lowest BCUT2D eigenvalue weighted by Crippen LogP contribution is -1.99. The Kier molecular flexibility index (Phi) is 2.55. The fourth-order valence-corrected chi connectivity index (χ4v) is 1.75. The standard InChI is InChI=1S/C8H8FN5S/c1-14-3-2-11-8(14)15-6-5(9)4-12-7(10)13-6/h2-4H,1H3,(H2,10,12,13). The lowest BCUT2D eigenvalue weighted by Gasteiger charge is -2.02. The van der Waals surface area contributed by atoms with E-state index in [1.165, 1.54) is 0 Å². The number of nitrogens with two attached hydrogens (primary N) is 1. The third-order valence-corrected chi connectivity index (χ3v) is 2.75. The molecular formula is C8H8FN5S. The van der Waals surface area contributed by atoms with Gasteiger partial charge in [-0.3, -0.25) is 0 Å². The first kappa shape index (κ1) is 9.91. The maximum absolute atomic E-state index is 13.3. The predicted molar refractivity (Wildman–Crippen MR) is 53.7 cm³/mol. The van der Waals surface area contributed by atoms with Crippen molar-refractivity contribution in [1.82, 2.24) is 19.5 Å². The molecular weight excluding hydrogens is 217 g/mol. The summed E-state index contributed by atoms with van der Waals surface area (Å²) in [5.74, 6) is -0.453. The smallest absolute Gasteiger partial charge is 0.221 e. The van der Waals surface area contributed by atoms with Crippen LogP contribution in [0.1, 0.15) is 0 Å². The van der Waals surface area contributed by atoms with Crippen LogP contribution < -0.4 is 5.73 Å². The summed E-state index contributed by atoms with van der Waals surface area (Å²) in [7, 11) is 1.82. The number of nitrogen functional groups attached to an aromatic ring is 1. The largest absolute Gasteiger partial charge is 0.368 e. The first-order chi connectivity index (χ1) is 7.16. The molecule has 5 nitrogen and oxygen atoms in total. The van der Waals surface area contributed by atoms with E-state index in [1.807, 2.05) is 7.05 Å². The normalized spacial score (nSPS) is 10.5. The van der Waals surface area contributed by atoms with E-state index >= 15 is 0 Å². The molecule has 0 atom stereocenters. The zero-order valence-electron chi connectivity index (χ0n) is 7.88. The van der Waals surface area contributed by atoms with Crippen LogP contribution >= 0.6 is 11.8 Å². The van der Waals surface area contributed by atoms with Crippen LogP contribution in [0.5, 0.6) is 0 Å². The Morgan fingerprint density at radius 2 is 2.27 bits per heavy atom. The van der Waals surface area contributed by atoms with Gasteiger partial charge < -0.3 is 10.3 Å². The summed E-state index contributed by atoms with van der Waals surface area (Å²) in [6, 6.07) is 0. The molecule has 0 bridgehead atoms. The molecule has 15 heavy (non-hydrogen) atoms. The van der Waals surface area contributed by atoms with Gasteiger partial charge in [-0.25, -0.2) is 19.3 Å². The second kappa shape index (κ2) is 3.85. The number of halogens is 1. The highest BCUT2D eigenvalue weighted by Gasteiger charge is 2.10. The molecule has 0 fully saturated rings. The van der Waals surface area contributed by atoms with E-state index in [9.17, 15) is 4.39 Å². The fourth-order valence-electron chi connectivity index (χ4n) is 0.973. The SMILES string of the molecule is Cn1ccnc1Sc1nc(N)ncc1F. The maximum Gasteiger partial charge on any atom is 0.221 e. The summed E-state index contributed by atoms with van der Waals surface area (Å²) in [6.45, 7) is 0. The van der Waals surface area contributed by atoms with Gasteiger partial charge in [0.2, 0.25) is 5.95 Å². The van der Waals surface area contributed by atoms with Gasteiger partial charge >= 0.3 is 0 Å². The molecule has 0 saturated carbocycles. The number of aromatic nitrogens is 4. The number of hydrogen-bond donors (Lipinski definition) is 1. The molecule has 0 aliphatic rings. The topological polar surface area (TPSA) is 69.6 Å². The van der Waals surface area contributed by atoms with E-state index in [2.05, 4.69) is 15.0 Å². The van der Waals surface area contributed by atoms with E-state index in [-0.39, 0.29) is 11.0 Å². The molecule has 0 aliphatic carbocycles. The summed E-state index contributed by atoms with van der Waals surface area (Å²) in [6.07, 6.45) is 4.45. The van der Waals surface area contributed by atoms with E-state index in [1.54, 1.807) is 17.0 Å². The highest BCUT2D eigenvalue weighted by Crippen LogP contribution is 2.26. The average molecular weight is 225 g/mol. The number of imidazole rings is 1. The summed E-state index contributed by atoms with van der Waals surface area (Å²) < 4.78 is 15.0. The quantitative estimate of drug-likeness (QED) is 0.774. The Bertz CT molecular complexity index is 484. The molecule has 2 rings (SSSR count). The molecule has 0 amide bonds. The molecule has 2 heterocycles. The number of aryl methyl sites for hydroxylation is 1. The molecule has 7 heteroatoms. The van der Waals surface area contributed by atoms with Crippen LogP contribution in [0.25, 0.3) is 0 Å². The molecule has 0 aromatic carbocycles. The van der Waals surface area contributed by atoms with E-state index < -0.39 is 5.82 Å². The van der Waals surface area contributed by atoms with Crippen molar-refractivity contribution in [3.05, 3.63) is 24.4 Å². The van der Waals surface area contributed by atoms with Crippen LogP contribution in [-0.4, -0.2) is 19.5 Å². The van der Waals surface area contributed by atoms with Gasteiger partial charge in [-0.05, 0) is 11.8 Å².